The zero-order valence-corrected chi connectivity index (χ0v) is 23.2. The first-order valence-corrected chi connectivity index (χ1v) is 13.3. The van der Waals surface area contributed by atoms with Gasteiger partial charge >= 0.3 is 0 Å². The summed E-state index contributed by atoms with van der Waals surface area (Å²) in [5.74, 6) is -0.0838. The number of likely N-dealkylation sites (N-methyl/N-ethyl adjacent to an activating group) is 1. The van der Waals surface area contributed by atoms with Gasteiger partial charge in [-0.3, -0.25) is 9.59 Å². The molecule has 40 heavy (non-hydrogen) atoms. The number of carbonyl (C=O) groups is 1. The van der Waals surface area contributed by atoms with Crippen molar-refractivity contribution in [3.05, 3.63) is 81.6 Å². The third kappa shape index (κ3) is 5.02. The zero-order chi connectivity index (χ0) is 28.6. The molecule has 0 unspecified atom stereocenters. The number of aromatic nitrogens is 3. The number of aromatic amines is 1. The number of para-hydroxylation sites is 1. The highest BCUT2D eigenvalue weighted by Gasteiger charge is 2.29. The van der Waals surface area contributed by atoms with Crippen LogP contribution in [0.2, 0.25) is 5.02 Å². The number of nitrogens with zero attached hydrogens (tertiary/aromatic N) is 4. The fourth-order valence-corrected chi connectivity index (χ4v) is 5.44. The van der Waals surface area contributed by atoms with Crippen molar-refractivity contribution in [2.24, 2.45) is 0 Å². The molecule has 3 heterocycles. The third-order valence-corrected chi connectivity index (χ3v) is 7.43. The molecule has 1 aliphatic rings. The van der Waals surface area contributed by atoms with Gasteiger partial charge in [0, 0.05) is 38.9 Å². The average Bonchev–Trinajstić information content (AvgIpc) is 3.36. The van der Waals surface area contributed by atoms with Crippen LogP contribution in [-0.4, -0.2) is 57.7 Å². The quantitative estimate of drug-likeness (QED) is 0.312. The van der Waals surface area contributed by atoms with Crippen LogP contribution in [0.15, 0.2) is 65.2 Å². The fraction of sp³-hybridized carbons (Fsp3) is 0.276. The molecule has 4 aromatic rings. The van der Waals surface area contributed by atoms with E-state index in [-0.39, 0.29) is 34.1 Å². The van der Waals surface area contributed by atoms with Crippen LogP contribution in [0.3, 0.4) is 0 Å². The Morgan fingerprint density at radius 2 is 2.00 bits per heavy atom. The van der Waals surface area contributed by atoms with E-state index < -0.39 is 5.82 Å². The molecule has 0 radical (unpaired) electrons. The summed E-state index contributed by atoms with van der Waals surface area (Å²) in [4.78, 5) is 29.9. The van der Waals surface area contributed by atoms with E-state index in [2.05, 4.69) is 10.2 Å². The van der Waals surface area contributed by atoms with Gasteiger partial charge in [0.25, 0.3) is 11.5 Å². The standard InChI is InChI=1S/C29H30ClFN6O3/c1-4-23(35(2)3)29(39)36-14-6-7-18(15-36)37-16-20(24-25(37)28(38)34-33-27(24)32)17-10-12-19(13-11-17)40-26-21(30)8-5-9-22(26)31/h4-5,8-13,16,18H,6-7,14-15H2,1-3H3,(H2,32,33)(H,34,38)/t18-/m1/s1. The molecule has 3 N–H and O–H groups in total. The molecule has 5 rings (SSSR count). The first-order chi connectivity index (χ1) is 19.2. The summed E-state index contributed by atoms with van der Waals surface area (Å²) in [6.45, 7) is 2.93. The summed E-state index contributed by atoms with van der Waals surface area (Å²) in [7, 11) is 3.69. The molecule has 9 nitrogen and oxygen atoms in total. The van der Waals surface area contributed by atoms with E-state index in [1.54, 1.807) is 41.3 Å². The number of benzene rings is 2. The molecule has 0 spiro atoms. The van der Waals surface area contributed by atoms with Gasteiger partial charge in [0.2, 0.25) is 0 Å². The Labute approximate surface area is 235 Å². The maximum Gasteiger partial charge on any atom is 0.288 e. The molecule has 0 saturated carbocycles. The van der Waals surface area contributed by atoms with Gasteiger partial charge in [0.1, 0.15) is 11.3 Å². The van der Waals surface area contributed by atoms with Crippen molar-refractivity contribution in [1.82, 2.24) is 24.6 Å². The molecule has 2 aromatic heterocycles. The molecule has 0 bridgehead atoms. The number of fused-ring (bicyclic) bond motifs is 1. The normalized spacial score (nSPS) is 15.9. The van der Waals surface area contributed by atoms with Gasteiger partial charge in [-0.1, -0.05) is 35.9 Å². The molecule has 1 atom stereocenters. The second-order valence-electron chi connectivity index (χ2n) is 9.90. The lowest BCUT2D eigenvalue weighted by molar-refractivity contribution is -0.130. The maximum absolute atomic E-state index is 14.2. The number of hydrogen-bond donors (Lipinski definition) is 2. The minimum atomic E-state index is -0.565. The number of anilines is 1. The van der Waals surface area contributed by atoms with Gasteiger partial charge in [-0.2, -0.15) is 5.10 Å². The summed E-state index contributed by atoms with van der Waals surface area (Å²) in [6.07, 6.45) is 5.28. The van der Waals surface area contributed by atoms with Crippen molar-refractivity contribution >= 4 is 34.2 Å². The number of carbonyl (C=O) groups excluding carboxylic acids is 1. The van der Waals surface area contributed by atoms with Crippen LogP contribution in [0.1, 0.15) is 25.8 Å². The van der Waals surface area contributed by atoms with Crippen LogP contribution in [0.25, 0.3) is 22.0 Å². The number of nitrogen functional groups attached to an aromatic ring is 1. The topological polar surface area (TPSA) is 109 Å². The Kier molecular flexibility index (Phi) is 7.53. The minimum Gasteiger partial charge on any atom is -0.453 e. The van der Waals surface area contributed by atoms with Crippen LogP contribution in [0.4, 0.5) is 10.2 Å². The van der Waals surface area contributed by atoms with Gasteiger partial charge in [0.05, 0.1) is 22.1 Å². The maximum atomic E-state index is 14.2. The van der Waals surface area contributed by atoms with Gasteiger partial charge < -0.3 is 24.8 Å². The minimum absolute atomic E-state index is 0.0467. The average molecular weight is 565 g/mol. The van der Waals surface area contributed by atoms with Gasteiger partial charge in [-0.25, -0.2) is 9.49 Å². The Bertz CT molecular complexity index is 1640. The van der Waals surface area contributed by atoms with E-state index in [4.69, 9.17) is 22.1 Å². The summed E-state index contributed by atoms with van der Waals surface area (Å²) >= 11 is 6.10. The number of halogens is 2. The van der Waals surface area contributed by atoms with Gasteiger partial charge in [0.15, 0.2) is 17.4 Å². The lowest BCUT2D eigenvalue weighted by Crippen LogP contribution is -2.43. The van der Waals surface area contributed by atoms with E-state index in [9.17, 15) is 14.0 Å². The molecule has 1 aliphatic heterocycles. The number of hydrogen-bond acceptors (Lipinski definition) is 6. The molecule has 2 aromatic carbocycles. The van der Waals surface area contributed by atoms with Gasteiger partial charge in [-0.15, -0.1) is 0 Å². The molecule has 0 aliphatic carbocycles. The number of nitrogens with two attached hydrogens (primary N) is 1. The van der Waals surface area contributed by atoms with Crippen molar-refractivity contribution in [2.75, 3.05) is 32.9 Å². The number of allylic oxidation sites excluding steroid dienone is 1. The summed E-state index contributed by atoms with van der Waals surface area (Å²) in [6, 6.07) is 11.2. The lowest BCUT2D eigenvalue weighted by atomic mass is 10.0. The third-order valence-electron chi connectivity index (χ3n) is 7.14. The van der Waals surface area contributed by atoms with E-state index in [0.29, 0.717) is 41.0 Å². The van der Waals surface area contributed by atoms with Crippen molar-refractivity contribution < 1.29 is 13.9 Å². The van der Waals surface area contributed by atoms with E-state index in [0.717, 1.165) is 18.4 Å². The smallest absolute Gasteiger partial charge is 0.288 e. The van der Waals surface area contributed by atoms with Crippen molar-refractivity contribution in [1.29, 1.82) is 0 Å². The molecular weight excluding hydrogens is 535 g/mol. The van der Waals surface area contributed by atoms with Crippen LogP contribution in [0.5, 0.6) is 11.5 Å². The number of rotatable bonds is 6. The van der Waals surface area contributed by atoms with E-state index >= 15 is 0 Å². The molecule has 11 heteroatoms. The highest BCUT2D eigenvalue weighted by atomic mass is 35.5. The number of ether oxygens (including phenoxy) is 1. The van der Waals surface area contributed by atoms with E-state index in [1.165, 1.54) is 12.1 Å². The number of nitrogens with one attached hydrogen (secondary N) is 1. The van der Waals surface area contributed by atoms with Gasteiger partial charge in [-0.05, 0) is 49.6 Å². The van der Waals surface area contributed by atoms with Crippen LogP contribution < -0.4 is 16.0 Å². The second-order valence-corrected chi connectivity index (χ2v) is 10.3. The molecule has 1 saturated heterocycles. The SMILES string of the molecule is CC=C(C(=O)N1CCC[C@@H](n2cc(-c3ccc(Oc4c(F)cccc4Cl)cc3)c3c(N)n[nH]c(=O)c32)C1)N(C)C. The van der Waals surface area contributed by atoms with E-state index in [1.807, 2.05) is 36.7 Å². The molecule has 208 valence electrons. The number of amides is 1. The first-order valence-electron chi connectivity index (χ1n) is 12.9. The van der Waals surface area contributed by atoms with Crippen molar-refractivity contribution in [3.63, 3.8) is 0 Å². The monoisotopic (exact) mass is 564 g/mol. The predicted octanol–water partition coefficient (Wildman–Crippen LogP) is 5.19. The Morgan fingerprint density at radius 1 is 1.25 bits per heavy atom. The summed E-state index contributed by atoms with van der Waals surface area (Å²) in [5.41, 5.74) is 8.42. The Hall–Kier alpha value is -4.31. The lowest BCUT2D eigenvalue weighted by Gasteiger charge is -2.35. The molecule has 1 amide bonds. The predicted molar refractivity (Wildman–Crippen MR) is 154 cm³/mol. The second kappa shape index (κ2) is 11.1. The Morgan fingerprint density at radius 3 is 2.67 bits per heavy atom. The van der Waals surface area contributed by atoms with Crippen LogP contribution >= 0.6 is 11.6 Å². The van der Waals surface area contributed by atoms with Crippen molar-refractivity contribution in [3.8, 4) is 22.6 Å². The number of piperidine rings is 1. The molecular formula is C29H30ClFN6O3. The highest BCUT2D eigenvalue weighted by Crippen LogP contribution is 2.37. The van der Waals surface area contributed by atoms with Crippen LogP contribution in [0, 0.1) is 5.82 Å². The largest absolute Gasteiger partial charge is 0.453 e. The highest BCUT2D eigenvalue weighted by molar-refractivity contribution is 6.32. The fourth-order valence-electron chi connectivity index (χ4n) is 5.24. The van der Waals surface area contributed by atoms with Crippen molar-refractivity contribution in [2.45, 2.75) is 25.8 Å². The molecule has 1 fully saturated rings. The number of likely N-dealkylation sites (tertiary alicyclic amines) is 1. The van der Waals surface area contributed by atoms with Crippen LogP contribution in [-0.2, 0) is 4.79 Å². The first kappa shape index (κ1) is 27.3. The zero-order valence-electron chi connectivity index (χ0n) is 22.4. The number of H-pyrrole nitrogens is 1. The summed E-state index contributed by atoms with van der Waals surface area (Å²) in [5, 5.41) is 7.20. The Balaban J connectivity index is 1.51. The summed E-state index contributed by atoms with van der Waals surface area (Å²) < 4.78 is 21.8.